The van der Waals surface area contributed by atoms with E-state index < -0.39 is 0 Å². The van der Waals surface area contributed by atoms with Crippen LogP contribution in [0.25, 0.3) is 0 Å². The Morgan fingerprint density at radius 3 is 2.57 bits per heavy atom. The molecule has 2 rings (SSSR count). The van der Waals surface area contributed by atoms with Crippen molar-refractivity contribution in [2.75, 3.05) is 11.9 Å². The van der Waals surface area contributed by atoms with Crippen molar-refractivity contribution in [3.63, 3.8) is 0 Å². The number of amides is 1. The average molecular weight is 302 g/mol. The first-order valence-electron chi connectivity index (χ1n) is 6.38. The summed E-state index contributed by atoms with van der Waals surface area (Å²) >= 11 is 5.05. The molecule has 5 nitrogen and oxygen atoms in total. The SMILES string of the molecule is CCOC(=O)c1ccc(NC(=O)c2ccc[nH]c2=S)cc1. The summed E-state index contributed by atoms with van der Waals surface area (Å²) in [5, 5.41) is 2.72. The number of carbonyl (C=O) groups is 2. The lowest BCUT2D eigenvalue weighted by molar-refractivity contribution is 0.0526. The van der Waals surface area contributed by atoms with Gasteiger partial charge in [-0.05, 0) is 43.3 Å². The average Bonchev–Trinajstić information content (AvgIpc) is 2.48. The van der Waals surface area contributed by atoms with Gasteiger partial charge in [-0.15, -0.1) is 0 Å². The van der Waals surface area contributed by atoms with Gasteiger partial charge in [0.05, 0.1) is 17.7 Å². The van der Waals surface area contributed by atoms with Crippen molar-refractivity contribution in [2.24, 2.45) is 0 Å². The number of hydrogen-bond acceptors (Lipinski definition) is 4. The molecule has 21 heavy (non-hydrogen) atoms. The van der Waals surface area contributed by atoms with E-state index in [9.17, 15) is 9.59 Å². The van der Waals surface area contributed by atoms with E-state index in [-0.39, 0.29) is 11.9 Å². The molecule has 0 aliphatic heterocycles. The first-order valence-corrected chi connectivity index (χ1v) is 6.79. The van der Waals surface area contributed by atoms with Crippen LogP contribution in [0, 0.1) is 4.64 Å². The largest absolute Gasteiger partial charge is 0.462 e. The normalized spacial score (nSPS) is 9.95. The van der Waals surface area contributed by atoms with E-state index in [1.165, 1.54) is 0 Å². The van der Waals surface area contributed by atoms with Gasteiger partial charge in [-0.2, -0.15) is 0 Å². The predicted molar refractivity (Wildman–Crippen MR) is 82.0 cm³/mol. The lowest BCUT2D eigenvalue weighted by Crippen LogP contribution is -2.13. The van der Waals surface area contributed by atoms with Gasteiger partial charge in [0.25, 0.3) is 5.91 Å². The van der Waals surface area contributed by atoms with Crippen LogP contribution in [0.2, 0.25) is 0 Å². The zero-order valence-electron chi connectivity index (χ0n) is 11.4. The summed E-state index contributed by atoms with van der Waals surface area (Å²) in [7, 11) is 0. The summed E-state index contributed by atoms with van der Waals surface area (Å²) < 4.78 is 5.26. The summed E-state index contributed by atoms with van der Waals surface area (Å²) in [4.78, 5) is 26.4. The van der Waals surface area contributed by atoms with Crippen molar-refractivity contribution in [3.05, 3.63) is 58.4 Å². The van der Waals surface area contributed by atoms with E-state index >= 15 is 0 Å². The smallest absolute Gasteiger partial charge is 0.338 e. The van der Waals surface area contributed by atoms with Gasteiger partial charge in [-0.25, -0.2) is 4.79 Å². The van der Waals surface area contributed by atoms with Gasteiger partial charge in [-0.1, -0.05) is 12.2 Å². The van der Waals surface area contributed by atoms with Crippen LogP contribution in [0.4, 0.5) is 5.69 Å². The van der Waals surface area contributed by atoms with Crippen molar-refractivity contribution in [1.29, 1.82) is 0 Å². The van der Waals surface area contributed by atoms with E-state index in [2.05, 4.69) is 10.3 Å². The number of aromatic amines is 1. The van der Waals surface area contributed by atoms with E-state index in [1.807, 2.05) is 0 Å². The van der Waals surface area contributed by atoms with E-state index in [0.717, 1.165) is 0 Å². The molecule has 0 aliphatic carbocycles. The molecule has 0 atom stereocenters. The number of esters is 1. The molecule has 1 amide bonds. The number of rotatable bonds is 4. The minimum Gasteiger partial charge on any atom is -0.462 e. The maximum absolute atomic E-state index is 12.1. The number of hydrogen-bond donors (Lipinski definition) is 2. The second-order valence-electron chi connectivity index (χ2n) is 4.16. The number of aromatic nitrogens is 1. The predicted octanol–water partition coefficient (Wildman–Crippen LogP) is 3.17. The fourth-order valence-corrected chi connectivity index (χ4v) is 1.93. The molecule has 0 aliphatic rings. The molecular formula is C15H14N2O3S. The Kier molecular flexibility index (Phi) is 4.84. The molecular weight excluding hydrogens is 288 g/mol. The first-order chi connectivity index (χ1) is 10.1. The van der Waals surface area contributed by atoms with Gasteiger partial charge in [0, 0.05) is 11.9 Å². The van der Waals surface area contributed by atoms with Crippen molar-refractivity contribution < 1.29 is 14.3 Å². The molecule has 0 bridgehead atoms. The zero-order chi connectivity index (χ0) is 15.2. The van der Waals surface area contributed by atoms with Gasteiger partial charge in [0.15, 0.2) is 0 Å². The Balaban J connectivity index is 2.10. The standard InChI is InChI=1S/C15H14N2O3S/c1-2-20-15(19)10-5-7-11(8-6-10)17-13(18)12-4-3-9-16-14(12)21/h3-9H,2H2,1H3,(H,16,21)(H,17,18). The van der Waals surface area contributed by atoms with Gasteiger partial charge in [0.2, 0.25) is 0 Å². The Labute approximate surface area is 127 Å². The summed E-state index contributed by atoms with van der Waals surface area (Å²) in [6, 6.07) is 9.81. The maximum atomic E-state index is 12.1. The van der Waals surface area contributed by atoms with Gasteiger partial charge in [-0.3, -0.25) is 4.79 Å². The van der Waals surface area contributed by atoms with Crippen molar-refractivity contribution in [1.82, 2.24) is 4.98 Å². The molecule has 2 N–H and O–H groups in total. The third-order valence-electron chi connectivity index (χ3n) is 2.72. The quantitative estimate of drug-likeness (QED) is 0.672. The molecule has 1 heterocycles. The van der Waals surface area contributed by atoms with Crippen molar-refractivity contribution >= 4 is 29.8 Å². The third kappa shape index (κ3) is 3.76. The number of carbonyl (C=O) groups excluding carboxylic acids is 2. The van der Waals surface area contributed by atoms with Gasteiger partial charge in [0.1, 0.15) is 4.64 Å². The van der Waals surface area contributed by atoms with Gasteiger partial charge >= 0.3 is 5.97 Å². The van der Waals surface area contributed by atoms with Crippen LogP contribution >= 0.6 is 12.2 Å². The number of benzene rings is 1. The van der Waals surface area contributed by atoms with E-state index in [1.54, 1.807) is 49.5 Å². The molecule has 108 valence electrons. The molecule has 6 heteroatoms. The molecule has 1 aromatic carbocycles. The monoisotopic (exact) mass is 302 g/mol. The fraction of sp³-hybridized carbons (Fsp3) is 0.133. The topological polar surface area (TPSA) is 71.2 Å². The molecule has 0 saturated carbocycles. The number of anilines is 1. The Morgan fingerprint density at radius 1 is 1.24 bits per heavy atom. The highest BCUT2D eigenvalue weighted by Crippen LogP contribution is 2.12. The number of nitrogens with one attached hydrogen (secondary N) is 2. The summed E-state index contributed by atoms with van der Waals surface area (Å²) in [6.45, 7) is 2.07. The van der Waals surface area contributed by atoms with Crippen LogP contribution in [0.5, 0.6) is 0 Å². The minimum atomic E-state index is -0.388. The third-order valence-corrected chi connectivity index (χ3v) is 3.05. The molecule has 1 aromatic heterocycles. The Morgan fingerprint density at radius 2 is 1.95 bits per heavy atom. The number of H-pyrrole nitrogens is 1. The Hall–Kier alpha value is -2.47. The van der Waals surface area contributed by atoms with Crippen molar-refractivity contribution in [3.8, 4) is 0 Å². The molecule has 0 radical (unpaired) electrons. The van der Waals surface area contributed by atoms with Crippen LogP contribution in [0.3, 0.4) is 0 Å². The Bertz CT molecular complexity index is 707. The summed E-state index contributed by atoms with van der Waals surface area (Å²) in [5.74, 6) is -0.693. The summed E-state index contributed by atoms with van der Waals surface area (Å²) in [6.07, 6.45) is 1.66. The lowest BCUT2D eigenvalue weighted by atomic mass is 10.2. The molecule has 2 aromatic rings. The second kappa shape index (κ2) is 6.81. The van der Waals surface area contributed by atoms with Crippen LogP contribution in [-0.4, -0.2) is 23.5 Å². The van der Waals surface area contributed by atoms with Gasteiger partial charge < -0.3 is 15.0 Å². The molecule has 0 saturated heterocycles. The number of pyridine rings is 1. The first kappa shape index (κ1) is 14.9. The van der Waals surface area contributed by atoms with Crippen LogP contribution in [-0.2, 0) is 4.74 Å². The zero-order valence-corrected chi connectivity index (χ0v) is 12.2. The minimum absolute atomic E-state index is 0.305. The van der Waals surface area contributed by atoms with E-state index in [0.29, 0.717) is 28.1 Å². The lowest BCUT2D eigenvalue weighted by Gasteiger charge is -2.06. The highest BCUT2D eigenvalue weighted by molar-refractivity contribution is 7.71. The fourth-order valence-electron chi connectivity index (χ4n) is 1.70. The highest BCUT2D eigenvalue weighted by Gasteiger charge is 2.09. The molecule has 0 spiro atoms. The van der Waals surface area contributed by atoms with Crippen molar-refractivity contribution in [2.45, 2.75) is 6.92 Å². The van der Waals surface area contributed by atoms with E-state index in [4.69, 9.17) is 17.0 Å². The molecule has 0 unspecified atom stereocenters. The summed E-state index contributed by atoms with van der Waals surface area (Å²) in [5.41, 5.74) is 1.40. The maximum Gasteiger partial charge on any atom is 0.338 e. The van der Waals surface area contributed by atoms with Crippen LogP contribution in [0.1, 0.15) is 27.6 Å². The number of ether oxygens (including phenoxy) is 1. The highest BCUT2D eigenvalue weighted by atomic mass is 32.1. The van der Waals surface area contributed by atoms with Crippen LogP contribution in [0.15, 0.2) is 42.6 Å². The molecule has 0 fully saturated rings. The van der Waals surface area contributed by atoms with Crippen LogP contribution < -0.4 is 5.32 Å². The second-order valence-corrected chi connectivity index (χ2v) is 4.57.